The van der Waals surface area contributed by atoms with Gasteiger partial charge in [0.1, 0.15) is 0 Å². The van der Waals surface area contributed by atoms with Gasteiger partial charge in [0, 0.05) is 18.6 Å². The van der Waals surface area contributed by atoms with Crippen molar-refractivity contribution in [1.82, 2.24) is 15.5 Å². The highest BCUT2D eigenvalue weighted by molar-refractivity contribution is 5.80. The van der Waals surface area contributed by atoms with E-state index in [-0.39, 0.29) is 0 Å². The van der Waals surface area contributed by atoms with Crippen molar-refractivity contribution in [3.63, 3.8) is 0 Å². The molecule has 0 amide bonds. The molecule has 0 spiro atoms. The first-order valence-electron chi connectivity index (χ1n) is 7.12. The normalized spacial score (nSPS) is 26.2. The van der Waals surface area contributed by atoms with Gasteiger partial charge in [-0.2, -0.15) is 0 Å². The zero-order valence-corrected chi connectivity index (χ0v) is 11.2. The molecule has 1 heterocycles. The molecule has 1 aliphatic heterocycles. The van der Waals surface area contributed by atoms with E-state index in [0.29, 0.717) is 12.1 Å². The minimum absolute atomic E-state index is 0.662. The minimum Gasteiger partial charge on any atom is -0.357 e. The Bertz CT molecular complexity index is 260. The van der Waals surface area contributed by atoms with Crippen LogP contribution in [0.2, 0.25) is 0 Å². The number of aliphatic imine (C=N–C) groups is 1. The molecule has 1 saturated heterocycles. The first kappa shape index (κ1) is 12.7. The van der Waals surface area contributed by atoms with Crippen molar-refractivity contribution >= 4 is 5.96 Å². The summed E-state index contributed by atoms with van der Waals surface area (Å²) in [6.45, 7) is 8.67. The van der Waals surface area contributed by atoms with Crippen LogP contribution in [0.4, 0.5) is 0 Å². The lowest BCUT2D eigenvalue weighted by atomic mass is 10.2. The van der Waals surface area contributed by atoms with Gasteiger partial charge in [0.05, 0.1) is 6.54 Å². The molecule has 1 saturated carbocycles. The van der Waals surface area contributed by atoms with Crippen molar-refractivity contribution in [1.29, 1.82) is 0 Å². The van der Waals surface area contributed by atoms with Crippen LogP contribution >= 0.6 is 0 Å². The van der Waals surface area contributed by atoms with Crippen LogP contribution in [-0.2, 0) is 0 Å². The number of hydrogen-bond acceptors (Lipinski definition) is 2. The van der Waals surface area contributed by atoms with Crippen LogP contribution in [0.3, 0.4) is 0 Å². The van der Waals surface area contributed by atoms with Gasteiger partial charge in [0.15, 0.2) is 5.96 Å². The fourth-order valence-corrected chi connectivity index (χ4v) is 2.46. The summed E-state index contributed by atoms with van der Waals surface area (Å²) >= 11 is 0. The number of guanidine groups is 1. The van der Waals surface area contributed by atoms with E-state index in [1.54, 1.807) is 0 Å². The van der Waals surface area contributed by atoms with Crippen LogP contribution in [0.5, 0.6) is 0 Å². The van der Waals surface area contributed by atoms with E-state index in [1.165, 1.54) is 32.2 Å². The smallest absolute Gasteiger partial charge is 0.191 e. The molecule has 0 aromatic rings. The summed E-state index contributed by atoms with van der Waals surface area (Å²) in [7, 11) is 0. The van der Waals surface area contributed by atoms with Crippen LogP contribution in [0, 0.1) is 0 Å². The van der Waals surface area contributed by atoms with Crippen molar-refractivity contribution in [2.24, 2.45) is 4.99 Å². The zero-order valence-electron chi connectivity index (χ0n) is 11.2. The number of likely N-dealkylation sites (tertiary alicyclic amines) is 1. The summed E-state index contributed by atoms with van der Waals surface area (Å²) < 4.78 is 0. The van der Waals surface area contributed by atoms with Crippen molar-refractivity contribution in [3.05, 3.63) is 0 Å². The van der Waals surface area contributed by atoms with Crippen LogP contribution in [0.1, 0.15) is 39.5 Å². The lowest BCUT2D eigenvalue weighted by Crippen LogP contribution is -2.40. The lowest BCUT2D eigenvalue weighted by Gasteiger charge is -2.21. The molecule has 0 aromatic carbocycles. The average Bonchev–Trinajstić information content (AvgIpc) is 3.03. The number of likely N-dealkylation sites (N-methyl/N-ethyl adjacent to an activating group) is 1. The maximum Gasteiger partial charge on any atom is 0.191 e. The number of hydrogen-bond donors (Lipinski definition) is 2. The van der Waals surface area contributed by atoms with Crippen LogP contribution in [0.15, 0.2) is 4.99 Å². The fraction of sp³-hybridized carbons (Fsp3) is 0.923. The predicted molar refractivity (Wildman–Crippen MR) is 72.4 cm³/mol. The van der Waals surface area contributed by atoms with Gasteiger partial charge in [0.2, 0.25) is 0 Å². The Morgan fingerprint density at radius 3 is 2.76 bits per heavy atom. The van der Waals surface area contributed by atoms with E-state index in [2.05, 4.69) is 29.4 Å². The van der Waals surface area contributed by atoms with Crippen molar-refractivity contribution in [2.45, 2.75) is 51.6 Å². The highest BCUT2D eigenvalue weighted by atomic mass is 15.2. The molecule has 1 unspecified atom stereocenters. The van der Waals surface area contributed by atoms with E-state index in [4.69, 9.17) is 4.99 Å². The van der Waals surface area contributed by atoms with Gasteiger partial charge in [-0.15, -0.1) is 0 Å². The third-order valence-corrected chi connectivity index (χ3v) is 3.63. The Balaban J connectivity index is 1.81. The summed E-state index contributed by atoms with van der Waals surface area (Å²) in [5.41, 5.74) is 0. The monoisotopic (exact) mass is 238 g/mol. The van der Waals surface area contributed by atoms with Crippen LogP contribution < -0.4 is 10.6 Å². The van der Waals surface area contributed by atoms with Crippen molar-refractivity contribution in [3.8, 4) is 0 Å². The molecule has 1 atom stereocenters. The third-order valence-electron chi connectivity index (χ3n) is 3.63. The molecule has 98 valence electrons. The van der Waals surface area contributed by atoms with Crippen molar-refractivity contribution < 1.29 is 0 Å². The Morgan fingerprint density at radius 2 is 2.12 bits per heavy atom. The molecule has 17 heavy (non-hydrogen) atoms. The number of nitrogens with one attached hydrogen (secondary N) is 2. The SMILES string of the molecule is CCNC(=NCC1CCCN1CC)NC1CC1. The fourth-order valence-electron chi connectivity index (χ4n) is 2.46. The van der Waals surface area contributed by atoms with Crippen LogP contribution in [0.25, 0.3) is 0 Å². The quantitative estimate of drug-likeness (QED) is 0.558. The number of nitrogens with zero attached hydrogens (tertiary/aromatic N) is 2. The second-order valence-corrected chi connectivity index (χ2v) is 5.06. The Labute approximate surface area is 105 Å². The van der Waals surface area contributed by atoms with Gasteiger partial charge in [-0.05, 0) is 45.7 Å². The van der Waals surface area contributed by atoms with Gasteiger partial charge < -0.3 is 10.6 Å². The van der Waals surface area contributed by atoms with Gasteiger partial charge in [-0.25, -0.2) is 0 Å². The molecule has 1 aliphatic carbocycles. The van der Waals surface area contributed by atoms with Crippen LogP contribution in [-0.4, -0.2) is 49.1 Å². The zero-order chi connectivity index (χ0) is 12.1. The topological polar surface area (TPSA) is 39.7 Å². The molecule has 4 nitrogen and oxygen atoms in total. The summed E-state index contributed by atoms with van der Waals surface area (Å²) in [5, 5.41) is 6.80. The molecular weight excluding hydrogens is 212 g/mol. The van der Waals surface area contributed by atoms with E-state index < -0.39 is 0 Å². The van der Waals surface area contributed by atoms with Gasteiger partial charge in [-0.1, -0.05) is 6.92 Å². The van der Waals surface area contributed by atoms with Crippen molar-refractivity contribution in [2.75, 3.05) is 26.2 Å². The first-order chi connectivity index (χ1) is 8.33. The lowest BCUT2D eigenvalue weighted by molar-refractivity contribution is 0.273. The Hall–Kier alpha value is -0.770. The van der Waals surface area contributed by atoms with E-state index in [9.17, 15) is 0 Å². The molecule has 4 heteroatoms. The molecule has 2 aliphatic rings. The Kier molecular flexibility index (Phi) is 4.66. The molecule has 0 aromatic heterocycles. The van der Waals surface area contributed by atoms with E-state index in [1.807, 2.05) is 0 Å². The molecule has 2 rings (SSSR count). The first-order valence-corrected chi connectivity index (χ1v) is 7.12. The minimum atomic E-state index is 0.662. The molecular formula is C13H26N4. The maximum absolute atomic E-state index is 4.73. The number of rotatable bonds is 5. The molecule has 0 radical (unpaired) electrons. The standard InChI is InChI=1S/C13H26N4/c1-3-14-13(16-11-7-8-11)15-10-12-6-5-9-17(12)4-2/h11-12H,3-10H2,1-2H3,(H2,14,15,16). The second-order valence-electron chi connectivity index (χ2n) is 5.06. The average molecular weight is 238 g/mol. The van der Waals surface area contributed by atoms with E-state index >= 15 is 0 Å². The summed E-state index contributed by atoms with van der Waals surface area (Å²) in [6, 6.07) is 1.34. The predicted octanol–water partition coefficient (Wildman–Crippen LogP) is 1.19. The summed E-state index contributed by atoms with van der Waals surface area (Å²) in [6.07, 6.45) is 5.24. The van der Waals surface area contributed by atoms with Gasteiger partial charge in [0.25, 0.3) is 0 Å². The van der Waals surface area contributed by atoms with Gasteiger partial charge >= 0.3 is 0 Å². The van der Waals surface area contributed by atoms with E-state index in [0.717, 1.165) is 25.6 Å². The largest absolute Gasteiger partial charge is 0.357 e. The molecule has 0 bridgehead atoms. The molecule has 2 fully saturated rings. The Morgan fingerprint density at radius 1 is 1.29 bits per heavy atom. The highest BCUT2D eigenvalue weighted by Gasteiger charge is 2.24. The van der Waals surface area contributed by atoms with Gasteiger partial charge in [-0.3, -0.25) is 9.89 Å². The summed E-state index contributed by atoms with van der Waals surface area (Å²) in [5.74, 6) is 1.01. The third kappa shape index (κ3) is 3.87. The molecule has 2 N–H and O–H groups in total. The summed E-state index contributed by atoms with van der Waals surface area (Å²) in [4.78, 5) is 7.27. The second kappa shape index (κ2) is 6.24. The maximum atomic E-state index is 4.73. The highest BCUT2D eigenvalue weighted by Crippen LogP contribution is 2.19.